The first-order valence-electron chi connectivity index (χ1n) is 10.6. The molecular weight excluding hydrogens is 418 g/mol. The summed E-state index contributed by atoms with van der Waals surface area (Å²) in [5, 5.41) is 17.0. The lowest BCUT2D eigenvalue weighted by atomic mass is 10.0. The zero-order valence-corrected chi connectivity index (χ0v) is 18.8. The Kier molecular flexibility index (Phi) is 11.3. The summed E-state index contributed by atoms with van der Waals surface area (Å²) in [6.07, 6.45) is 4.78. The Morgan fingerprint density at radius 2 is 1.75 bits per heavy atom. The number of H-pyrrole nitrogens is 1. The minimum atomic E-state index is -1.22. The minimum Gasteiger partial charge on any atom is -0.480 e. The number of unbranched alkanes of at least 4 members (excludes halogenated alkanes) is 1. The van der Waals surface area contributed by atoms with E-state index in [4.69, 9.17) is 11.5 Å². The van der Waals surface area contributed by atoms with Crippen LogP contribution in [0.2, 0.25) is 0 Å². The van der Waals surface area contributed by atoms with Gasteiger partial charge in [-0.05, 0) is 32.2 Å². The molecule has 0 aliphatic rings. The van der Waals surface area contributed by atoms with E-state index in [1.54, 1.807) is 13.8 Å². The molecule has 0 aromatic carbocycles. The van der Waals surface area contributed by atoms with Crippen molar-refractivity contribution >= 4 is 23.7 Å². The molecule has 0 aliphatic heterocycles. The van der Waals surface area contributed by atoms with E-state index in [9.17, 15) is 24.3 Å². The van der Waals surface area contributed by atoms with Crippen molar-refractivity contribution in [1.29, 1.82) is 0 Å². The predicted octanol–water partition coefficient (Wildman–Crippen LogP) is -1.38. The minimum absolute atomic E-state index is 0.00827. The third-order valence-electron chi connectivity index (χ3n) is 4.90. The molecule has 1 rings (SSSR count). The van der Waals surface area contributed by atoms with Gasteiger partial charge in [0.15, 0.2) is 0 Å². The van der Waals surface area contributed by atoms with Crippen LogP contribution in [-0.2, 0) is 25.6 Å². The van der Waals surface area contributed by atoms with Crippen molar-refractivity contribution in [2.24, 2.45) is 17.4 Å². The first kappa shape index (κ1) is 27.0. The van der Waals surface area contributed by atoms with Crippen molar-refractivity contribution in [3.05, 3.63) is 18.2 Å². The van der Waals surface area contributed by atoms with E-state index in [0.29, 0.717) is 25.1 Å². The van der Waals surface area contributed by atoms with Crippen LogP contribution < -0.4 is 27.4 Å². The second-order valence-corrected chi connectivity index (χ2v) is 8.03. The summed E-state index contributed by atoms with van der Waals surface area (Å²) in [6.45, 7) is 5.42. The number of carbonyl (C=O) groups is 4. The summed E-state index contributed by atoms with van der Waals surface area (Å²) in [4.78, 5) is 55.6. The van der Waals surface area contributed by atoms with Crippen LogP contribution in [0.3, 0.4) is 0 Å². The monoisotopic (exact) mass is 453 g/mol. The maximum absolute atomic E-state index is 12.7. The third-order valence-corrected chi connectivity index (χ3v) is 4.90. The van der Waals surface area contributed by atoms with Gasteiger partial charge in [0, 0.05) is 18.3 Å². The Morgan fingerprint density at radius 3 is 2.28 bits per heavy atom. The summed E-state index contributed by atoms with van der Waals surface area (Å²) < 4.78 is 0. The molecule has 12 heteroatoms. The van der Waals surface area contributed by atoms with Crippen molar-refractivity contribution in [2.45, 2.75) is 70.6 Å². The Bertz CT molecular complexity index is 754. The fraction of sp³-hybridized carbons (Fsp3) is 0.650. The molecule has 4 atom stereocenters. The van der Waals surface area contributed by atoms with E-state index in [2.05, 4.69) is 25.9 Å². The van der Waals surface area contributed by atoms with Gasteiger partial charge in [0.1, 0.15) is 18.1 Å². The normalized spacial score (nSPS) is 14.8. The zero-order valence-electron chi connectivity index (χ0n) is 18.8. The highest BCUT2D eigenvalue weighted by atomic mass is 16.4. The van der Waals surface area contributed by atoms with Gasteiger partial charge in [-0.2, -0.15) is 0 Å². The van der Waals surface area contributed by atoms with E-state index in [1.807, 2.05) is 0 Å². The molecule has 0 saturated carbocycles. The molecule has 0 saturated heterocycles. The summed E-state index contributed by atoms with van der Waals surface area (Å²) in [7, 11) is 0. The van der Waals surface area contributed by atoms with Crippen molar-refractivity contribution < 1.29 is 24.3 Å². The largest absolute Gasteiger partial charge is 0.480 e. The van der Waals surface area contributed by atoms with E-state index in [1.165, 1.54) is 19.4 Å². The molecule has 12 nitrogen and oxygen atoms in total. The van der Waals surface area contributed by atoms with Crippen LogP contribution in [0, 0.1) is 5.92 Å². The van der Waals surface area contributed by atoms with Crippen molar-refractivity contribution in [3.63, 3.8) is 0 Å². The molecular formula is C20H35N7O5. The molecule has 1 heterocycles. The molecule has 0 fully saturated rings. The highest BCUT2D eigenvalue weighted by molar-refractivity contribution is 5.94. The number of aromatic amines is 1. The molecule has 9 N–H and O–H groups in total. The number of carbonyl (C=O) groups excluding carboxylic acids is 3. The molecule has 32 heavy (non-hydrogen) atoms. The summed E-state index contributed by atoms with van der Waals surface area (Å²) >= 11 is 0. The van der Waals surface area contributed by atoms with Gasteiger partial charge in [-0.1, -0.05) is 20.3 Å². The zero-order chi connectivity index (χ0) is 24.3. The maximum atomic E-state index is 12.7. The number of nitrogens with zero attached hydrogens (tertiary/aromatic N) is 1. The average molecular weight is 454 g/mol. The maximum Gasteiger partial charge on any atom is 0.326 e. The predicted molar refractivity (Wildman–Crippen MR) is 117 cm³/mol. The van der Waals surface area contributed by atoms with Gasteiger partial charge in [0.25, 0.3) is 0 Å². The number of aromatic nitrogens is 2. The highest BCUT2D eigenvalue weighted by Gasteiger charge is 2.30. The molecule has 1 aromatic rings. The van der Waals surface area contributed by atoms with Crippen molar-refractivity contribution in [2.75, 3.05) is 6.54 Å². The number of carboxylic acid groups (broad SMARTS) is 1. The second-order valence-electron chi connectivity index (χ2n) is 8.03. The molecule has 0 aliphatic carbocycles. The fourth-order valence-corrected chi connectivity index (χ4v) is 2.92. The SMILES string of the molecule is CC(NC(=O)C(N)CCCCN)C(=O)NC(C(=O)NC(Cc1cnc[nH]1)C(=O)O)C(C)C. The summed E-state index contributed by atoms with van der Waals surface area (Å²) in [5.41, 5.74) is 11.8. The quantitative estimate of drug-likeness (QED) is 0.167. The van der Waals surface area contributed by atoms with Gasteiger partial charge >= 0.3 is 5.97 Å². The summed E-state index contributed by atoms with van der Waals surface area (Å²) in [6, 6.07) is -3.90. The van der Waals surface area contributed by atoms with Gasteiger partial charge in [-0.15, -0.1) is 0 Å². The number of hydrogen-bond acceptors (Lipinski definition) is 7. The van der Waals surface area contributed by atoms with E-state index < -0.39 is 47.9 Å². The molecule has 3 amide bonds. The van der Waals surface area contributed by atoms with Crippen LogP contribution in [0.25, 0.3) is 0 Å². The lowest BCUT2D eigenvalue weighted by Crippen LogP contribution is -2.58. The number of amides is 3. The number of carboxylic acids is 1. The van der Waals surface area contributed by atoms with Crippen LogP contribution in [0.1, 0.15) is 45.7 Å². The highest BCUT2D eigenvalue weighted by Crippen LogP contribution is 2.06. The average Bonchev–Trinajstić information content (AvgIpc) is 3.23. The number of imidazole rings is 1. The van der Waals surface area contributed by atoms with Gasteiger partial charge in [0.05, 0.1) is 12.4 Å². The fourth-order valence-electron chi connectivity index (χ4n) is 2.92. The Labute approximate surface area is 187 Å². The van der Waals surface area contributed by atoms with E-state index in [-0.39, 0.29) is 12.3 Å². The topological polar surface area (TPSA) is 205 Å². The van der Waals surface area contributed by atoms with Gasteiger partial charge in [-0.25, -0.2) is 9.78 Å². The molecule has 0 radical (unpaired) electrons. The van der Waals surface area contributed by atoms with Crippen LogP contribution in [0.15, 0.2) is 12.5 Å². The Morgan fingerprint density at radius 1 is 1.06 bits per heavy atom. The van der Waals surface area contributed by atoms with E-state index >= 15 is 0 Å². The van der Waals surface area contributed by atoms with Crippen LogP contribution in [0.5, 0.6) is 0 Å². The Hall–Kier alpha value is -2.99. The van der Waals surface area contributed by atoms with Crippen molar-refractivity contribution in [1.82, 2.24) is 25.9 Å². The molecule has 0 spiro atoms. The van der Waals surface area contributed by atoms with Gasteiger partial charge in [-0.3, -0.25) is 14.4 Å². The van der Waals surface area contributed by atoms with Crippen molar-refractivity contribution in [3.8, 4) is 0 Å². The Balaban J connectivity index is 2.69. The smallest absolute Gasteiger partial charge is 0.326 e. The summed E-state index contributed by atoms with van der Waals surface area (Å²) in [5.74, 6) is -3.24. The number of rotatable bonds is 14. The lowest BCUT2D eigenvalue weighted by Gasteiger charge is -2.26. The number of hydrogen-bond donors (Lipinski definition) is 7. The standard InChI is InChI=1S/C20H35N7O5/c1-11(2)16(19(30)26-15(20(31)32)8-13-9-23-10-24-13)27-17(28)12(3)25-18(29)14(22)6-4-5-7-21/h9-12,14-16H,4-8,21-22H2,1-3H3,(H,23,24)(H,25,29)(H,26,30)(H,27,28)(H,31,32). The molecule has 180 valence electrons. The van der Waals surface area contributed by atoms with E-state index in [0.717, 1.165) is 6.42 Å². The molecule has 1 aromatic heterocycles. The van der Waals surface area contributed by atoms with Gasteiger partial charge < -0.3 is 37.5 Å². The third kappa shape index (κ3) is 9.02. The lowest BCUT2D eigenvalue weighted by molar-refractivity contribution is -0.142. The molecule has 4 unspecified atom stereocenters. The van der Waals surface area contributed by atoms with Crippen LogP contribution >= 0.6 is 0 Å². The van der Waals surface area contributed by atoms with Gasteiger partial charge in [0.2, 0.25) is 17.7 Å². The number of aliphatic carboxylic acids is 1. The molecule has 0 bridgehead atoms. The number of nitrogens with two attached hydrogens (primary N) is 2. The first-order chi connectivity index (χ1) is 15.1. The van der Waals surface area contributed by atoms with Crippen LogP contribution in [-0.4, -0.2) is 69.5 Å². The van der Waals surface area contributed by atoms with Crippen LogP contribution in [0.4, 0.5) is 0 Å². The number of nitrogens with one attached hydrogen (secondary N) is 4. The second kappa shape index (κ2) is 13.4. The first-order valence-corrected chi connectivity index (χ1v) is 10.6.